The van der Waals surface area contributed by atoms with E-state index in [0.29, 0.717) is 0 Å². The minimum atomic E-state index is -1.99. The van der Waals surface area contributed by atoms with Crippen LogP contribution < -0.4 is 92.1 Å². The van der Waals surface area contributed by atoms with E-state index in [1.165, 1.54) is 45.8 Å². The van der Waals surface area contributed by atoms with Gasteiger partial charge in [0.25, 0.3) is 0 Å². The monoisotopic (exact) mass is 1680 g/mol. The van der Waals surface area contributed by atoms with Crippen molar-refractivity contribution in [1.29, 1.82) is 0 Å². The number of nitrogens with two attached hydrogens (primary N) is 4. The van der Waals surface area contributed by atoms with Crippen molar-refractivity contribution in [2.24, 2.45) is 34.8 Å². The molecule has 6 rings (SSSR count). The molecule has 0 saturated carbocycles. The second-order valence-electron chi connectivity index (χ2n) is 28.0. The molecule has 628 valence electrons. The Labute approximate surface area is 668 Å². The van der Waals surface area contributed by atoms with Gasteiger partial charge in [0.1, 0.15) is 90.6 Å². The summed E-state index contributed by atoms with van der Waals surface area (Å²) < 4.78 is 0. The molecule has 44 nitrogen and oxygen atoms in total. The van der Waals surface area contributed by atoms with Gasteiger partial charge < -0.3 is 122 Å². The molecule has 4 aliphatic heterocycles. The number of carboxylic acids is 1. The van der Waals surface area contributed by atoms with E-state index in [2.05, 4.69) is 89.1 Å². The number of aliphatic hydroxyl groups is 1. The number of fused-ring (bicyclic) bond motifs is 10. The number of carbonyl (C=O) groups is 19. The molecule has 0 spiro atoms. The number of amides is 18. The predicted molar refractivity (Wildman–Crippen MR) is 409 cm³/mol. The molecule has 25 N–H and O–H groups in total. The summed E-state index contributed by atoms with van der Waals surface area (Å²) in [5.41, 5.74) is 23.3. The van der Waals surface area contributed by atoms with Gasteiger partial charge in [0.2, 0.25) is 106 Å². The van der Waals surface area contributed by atoms with Crippen molar-refractivity contribution < 1.29 is 101 Å². The summed E-state index contributed by atoms with van der Waals surface area (Å²) in [6.45, 7) is 5.40. The molecule has 15 atom stereocenters. The highest BCUT2D eigenvalue weighted by molar-refractivity contribution is 8.77. The maximum absolute atomic E-state index is 14.9. The average Bonchev–Trinajstić information content (AvgIpc) is 1.65. The molecule has 114 heavy (non-hydrogen) atoms. The molecule has 48 heteroatoms. The molecule has 0 aromatic carbocycles. The third kappa shape index (κ3) is 28.3. The molecule has 4 aliphatic rings. The highest BCUT2D eigenvalue weighted by Crippen LogP contribution is 2.27. The molecule has 6 heterocycles. The van der Waals surface area contributed by atoms with E-state index in [1.807, 2.05) is 0 Å². The molecule has 18 amide bonds. The number of aliphatic carboxylic acids is 1. The highest BCUT2D eigenvalue weighted by Gasteiger charge is 2.44. The van der Waals surface area contributed by atoms with E-state index in [9.17, 15) is 101 Å². The van der Waals surface area contributed by atoms with Crippen LogP contribution in [0, 0.1) is 11.8 Å². The molecular formula is C66H99N23O21S4. The van der Waals surface area contributed by atoms with Gasteiger partial charge in [-0.3, -0.25) is 91.1 Å². The van der Waals surface area contributed by atoms with E-state index in [4.69, 9.17) is 22.9 Å². The molecule has 0 radical (unpaired) electrons. The van der Waals surface area contributed by atoms with Gasteiger partial charge in [-0.2, -0.15) is 0 Å². The second-order valence-corrected chi connectivity index (χ2v) is 33.1. The van der Waals surface area contributed by atoms with Crippen molar-refractivity contribution in [3.63, 3.8) is 0 Å². The number of aromatic nitrogens is 4. The highest BCUT2D eigenvalue weighted by atomic mass is 33.1. The van der Waals surface area contributed by atoms with Gasteiger partial charge in [-0.05, 0) is 57.3 Å². The van der Waals surface area contributed by atoms with Crippen LogP contribution >= 0.6 is 43.2 Å². The molecule has 0 unspecified atom stereocenters. The Bertz CT molecular complexity index is 3830. The number of nitrogens with one attached hydrogen (secondary N) is 15. The first-order valence-corrected chi connectivity index (χ1v) is 41.3. The average molecular weight is 1680 g/mol. The Morgan fingerprint density at radius 2 is 0.956 bits per heavy atom. The van der Waals surface area contributed by atoms with Gasteiger partial charge in [0, 0.05) is 79.1 Å². The van der Waals surface area contributed by atoms with Crippen molar-refractivity contribution in [3.8, 4) is 0 Å². The molecule has 2 bridgehead atoms. The van der Waals surface area contributed by atoms with E-state index in [1.54, 1.807) is 13.8 Å². The maximum atomic E-state index is 14.9. The summed E-state index contributed by atoms with van der Waals surface area (Å²) in [4.78, 5) is 283. The number of H-pyrrole nitrogens is 2. The summed E-state index contributed by atoms with van der Waals surface area (Å²) in [5, 5.41) is 52.6. The van der Waals surface area contributed by atoms with Crippen LogP contribution in [0.25, 0.3) is 0 Å². The largest absolute Gasteiger partial charge is 0.481 e. The standard InChI is InChI=1S/C66H99N23O21S4/c1-29(2)14-35-55(99)84-41(52(70)96)23-111-113-26-44-61(105)83-40(22-90)58(102)82-39(16-33-21-72-28-74-33)66(110)88-12-6-8-45(88)62(106)75-31(5)53(97)85-43(25-114-112-24-42(59(103)86-44)76-49(93)19-67)60(104)79-37(18-48(69)92)57(101)87-51(30(3)4)64(108)80-36(17-47(68)91)56(100)81-38(15-32-20-71-27-73-32)65(109)89-13-7-9-46(89)63(107)77-34(54(98)78-35)10-11-50(94)95/h20-21,27-31,34-46,51,90H,6-19,22-26,67H2,1-5H3,(H2,68,91)(H2,69,92)(H2,70,96)(H,71,73)(H,72,74)(H,75,106)(H,76,93)(H,77,107)(H,78,98)(H,79,104)(H,80,108)(H,81,100)(H,82,102)(H,83,105)(H,84,99)(H,85,97)(H,86,103)(H,87,101)(H,94,95)/t31-,34-,35-,36-,37-,38-,39-,40-,41-,42-,43-,44-,45-,46-,51-/m0/s1. The maximum Gasteiger partial charge on any atom is 0.303 e. The van der Waals surface area contributed by atoms with Crippen LogP contribution in [0.3, 0.4) is 0 Å². The van der Waals surface area contributed by atoms with E-state index in [-0.39, 0.29) is 75.3 Å². The molecule has 2 aromatic heterocycles. The number of hydrogen-bond acceptors (Lipinski definition) is 27. The fourth-order valence-electron chi connectivity index (χ4n) is 12.3. The van der Waals surface area contributed by atoms with Gasteiger partial charge in [-0.1, -0.05) is 70.9 Å². The lowest BCUT2D eigenvalue weighted by molar-refractivity contribution is -0.143. The number of aliphatic hydroxyl groups excluding tert-OH is 1. The quantitative estimate of drug-likeness (QED) is 0.0616. The lowest BCUT2D eigenvalue weighted by Crippen LogP contribution is -2.62. The van der Waals surface area contributed by atoms with Crippen molar-refractivity contribution in [1.82, 2.24) is 98.9 Å². The normalized spacial score (nSPS) is 27.6. The smallest absolute Gasteiger partial charge is 0.303 e. The summed E-state index contributed by atoms with van der Waals surface area (Å²) in [7, 11) is 3.12. The summed E-state index contributed by atoms with van der Waals surface area (Å²) >= 11 is 0. The van der Waals surface area contributed by atoms with Crippen LogP contribution in [0.2, 0.25) is 0 Å². The van der Waals surface area contributed by atoms with Crippen LogP contribution in [-0.2, 0) is 104 Å². The van der Waals surface area contributed by atoms with Crippen LogP contribution in [0.15, 0.2) is 25.0 Å². The first kappa shape index (κ1) is 92.5. The number of hydrogen-bond donors (Lipinski definition) is 21. The Hall–Kier alpha value is -10.3. The van der Waals surface area contributed by atoms with Gasteiger partial charge in [0.05, 0.1) is 38.6 Å². The summed E-state index contributed by atoms with van der Waals surface area (Å²) in [6, 6.07) is -25.1. The minimum Gasteiger partial charge on any atom is -0.481 e. The Kier molecular flexibility index (Phi) is 36.5. The Morgan fingerprint density at radius 3 is 1.43 bits per heavy atom. The topological polar surface area (TPSA) is 689 Å². The lowest BCUT2D eigenvalue weighted by atomic mass is 10.0. The van der Waals surface area contributed by atoms with Crippen LogP contribution in [0.1, 0.15) is 104 Å². The number of primary amides is 3. The predicted octanol–water partition coefficient (Wildman–Crippen LogP) is -9.23. The van der Waals surface area contributed by atoms with Crippen LogP contribution in [-0.4, -0.2) is 292 Å². The Balaban J connectivity index is 1.47. The molecule has 2 aromatic rings. The van der Waals surface area contributed by atoms with Crippen molar-refractivity contribution >= 4 is 155 Å². The van der Waals surface area contributed by atoms with E-state index >= 15 is 0 Å². The number of nitrogens with zero attached hydrogens (tertiary/aromatic N) is 4. The van der Waals surface area contributed by atoms with Crippen molar-refractivity contribution in [3.05, 3.63) is 36.4 Å². The number of aromatic amines is 2. The fraction of sp³-hybridized carbons (Fsp3) is 0.621. The first-order valence-electron chi connectivity index (χ1n) is 36.4. The zero-order valence-corrected chi connectivity index (χ0v) is 66.2. The SMILES string of the molecule is CC(C)C[C@@H]1NC(=O)[C@H](CCC(=O)O)NC(=O)[C@@H]2CCCN2C(=O)[C@H](Cc2cnc[nH]2)NC(=O)[C@H](CC(N)=O)NC(=O)[C@H](C(C)C)NC(=O)[C@H](CC(N)=O)NC(=O)[C@@H]2CSSC[C@H](NC(=O)CN)C(=O)N[C@@H](CSSC[C@@H](C(N)=O)NC1=O)C(=O)N[C@@H](CO)C(=O)N[C@@H](Cc1cnc[nH]1)C(=O)N1CCC[C@H]1C(=O)N[C@@H](C)C(=O)N2. The van der Waals surface area contributed by atoms with E-state index < -0.39 is 271 Å². The molecule has 4 saturated heterocycles. The number of carboxylic acid groups (broad SMARTS) is 1. The number of rotatable bonds is 18. The van der Waals surface area contributed by atoms with Crippen LogP contribution in [0.5, 0.6) is 0 Å². The molecule has 4 fully saturated rings. The van der Waals surface area contributed by atoms with Gasteiger partial charge >= 0.3 is 5.97 Å². The Morgan fingerprint density at radius 1 is 0.518 bits per heavy atom. The fourth-order valence-corrected chi connectivity index (χ4v) is 16.9. The minimum absolute atomic E-state index is 0.0282. The third-order valence-electron chi connectivity index (χ3n) is 18.2. The number of imidazole rings is 2. The lowest BCUT2D eigenvalue weighted by Gasteiger charge is -2.31. The van der Waals surface area contributed by atoms with Gasteiger partial charge in [0.15, 0.2) is 0 Å². The first-order chi connectivity index (χ1) is 54.0. The number of carbonyl (C=O) groups excluding carboxylic acids is 18. The van der Waals surface area contributed by atoms with Crippen molar-refractivity contribution in [2.75, 3.05) is 49.3 Å². The third-order valence-corrected chi connectivity index (χ3v) is 23.1. The second kappa shape index (κ2) is 44.9. The summed E-state index contributed by atoms with van der Waals surface area (Å²) in [5.74, 6) is -24.1. The zero-order valence-electron chi connectivity index (χ0n) is 62.9. The molecule has 0 aliphatic carbocycles. The van der Waals surface area contributed by atoms with Crippen LogP contribution in [0.4, 0.5) is 0 Å². The zero-order chi connectivity index (χ0) is 84.2. The van der Waals surface area contributed by atoms with Crippen molar-refractivity contribution in [2.45, 2.75) is 196 Å². The van der Waals surface area contributed by atoms with Gasteiger partial charge in [-0.25, -0.2) is 9.97 Å². The van der Waals surface area contributed by atoms with E-state index in [0.717, 1.165) is 53.0 Å². The summed E-state index contributed by atoms with van der Waals surface area (Å²) in [6.07, 6.45) is 1.46. The molecular weight excluding hydrogens is 1580 g/mol. The van der Waals surface area contributed by atoms with Gasteiger partial charge in [-0.15, -0.1) is 0 Å².